The van der Waals surface area contributed by atoms with Crippen molar-refractivity contribution in [2.24, 2.45) is 0 Å². The number of hydrogen-bond donors (Lipinski definition) is 1. The normalized spacial score (nSPS) is 15.4. The first-order valence-corrected chi connectivity index (χ1v) is 12.5. The molecular formula is C30H32N2O5. The van der Waals surface area contributed by atoms with Gasteiger partial charge in [-0.1, -0.05) is 80.1 Å². The molecule has 0 radical (unpaired) electrons. The minimum Gasteiger partial charge on any atom is -0.465 e. The molecule has 1 aliphatic rings. The molecule has 2 amide bonds. The molecule has 1 heterocycles. The second-order valence-electron chi connectivity index (χ2n) is 9.27. The summed E-state index contributed by atoms with van der Waals surface area (Å²) >= 11 is 0. The lowest BCUT2D eigenvalue weighted by molar-refractivity contribution is -0.140. The molecule has 0 bridgehead atoms. The number of carboxylic acid groups (broad SMARTS) is 1. The third-order valence-electron chi connectivity index (χ3n) is 6.91. The maximum atomic E-state index is 14.3. The van der Waals surface area contributed by atoms with Crippen LogP contribution >= 0.6 is 0 Å². The van der Waals surface area contributed by atoms with Gasteiger partial charge in [-0.25, -0.2) is 9.59 Å². The van der Waals surface area contributed by atoms with Crippen LogP contribution in [0.4, 0.5) is 4.79 Å². The topological polar surface area (TPSA) is 87.2 Å². The smallest absolute Gasteiger partial charge is 0.408 e. The summed E-state index contributed by atoms with van der Waals surface area (Å²) in [5.74, 6) is -0.651. The summed E-state index contributed by atoms with van der Waals surface area (Å²) in [5, 5.41) is 10.0. The maximum Gasteiger partial charge on any atom is 0.408 e. The van der Waals surface area contributed by atoms with Crippen LogP contribution in [0.5, 0.6) is 0 Å². The van der Waals surface area contributed by atoms with Gasteiger partial charge in [0.05, 0.1) is 25.3 Å². The van der Waals surface area contributed by atoms with Crippen molar-refractivity contribution in [3.8, 4) is 0 Å². The van der Waals surface area contributed by atoms with Gasteiger partial charge in [-0.15, -0.1) is 0 Å². The first kappa shape index (κ1) is 25.9. The molecule has 4 rings (SSSR count). The SMILES string of the molecule is CCC[C@H](c1ccccc1)N(Cc1ccc(C(=O)OC)cc1)C(=O)C1Cc2ccccc2CN1C(=O)O. The Morgan fingerprint density at radius 2 is 1.62 bits per heavy atom. The monoisotopic (exact) mass is 500 g/mol. The zero-order chi connectivity index (χ0) is 26.4. The van der Waals surface area contributed by atoms with Crippen LogP contribution in [-0.2, 0) is 29.0 Å². The second kappa shape index (κ2) is 11.7. The van der Waals surface area contributed by atoms with Crippen molar-refractivity contribution in [3.63, 3.8) is 0 Å². The predicted octanol–water partition coefficient (Wildman–Crippen LogP) is 5.45. The van der Waals surface area contributed by atoms with Gasteiger partial charge in [0.15, 0.2) is 0 Å². The van der Waals surface area contributed by atoms with Crippen LogP contribution in [0.15, 0.2) is 78.9 Å². The van der Waals surface area contributed by atoms with Crippen molar-refractivity contribution in [3.05, 3.63) is 107 Å². The number of rotatable bonds is 8. The number of carbonyl (C=O) groups excluding carboxylic acids is 2. The fourth-order valence-corrected chi connectivity index (χ4v) is 4.99. The third kappa shape index (κ3) is 5.82. The van der Waals surface area contributed by atoms with Crippen molar-refractivity contribution < 1.29 is 24.2 Å². The summed E-state index contributed by atoms with van der Waals surface area (Å²) in [6.07, 6.45) is 0.793. The van der Waals surface area contributed by atoms with E-state index in [-0.39, 0.29) is 25.0 Å². The van der Waals surface area contributed by atoms with Gasteiger partial charge in [0.1, 0.15) is 6.04 Å². The molecule has 1 aliphatic heterocycles. The highest BCUT2D eigenvalue weighted by Crippen LogP contribution is 2.32. The molecule has 2 atom stereocenters. The molecule has 37 heavy (non-hydrogen) atoms. The maximum absolute atomic E-state index is 14.3. The lowest BCUT2D eigenvalue weighted by Gasteiger charge is -2.40. The van der Waals surface area contributed by atoms with E-state index in [0.717, 1.165) is 35.1 Å². The molecule has 1 unspecified atom stereocenters. The highest BCUT2D eigenvalue weighted by molar-refractivity contribution is 5.89. The first-order chi connectivity index (χ1) is 17.9. The summed E-state index contributed by atoms with van der Waals surface area (Å²) in [5.41, 5.74) is 4.19. The minimum atomic E-state index is -1.11. The number of fused-ring (bicyclic) bond motifs is 1. The van der Waals surface area contributed by atoms with E-state index < -0.39 is 18.1 Å². The van der Waals surface area contributed by atoms with Crippen LogP contribution in [0.25, 0.3) is 0 Å². The van der Waals surface area contributed by atoms with Gasteiger partial charge >= 0.3 is 12.1 Å². The van der Waals surface area contributed by atoms with Crippen LogP contribution in [0, 0.1) is 0 Å². The van der Waals surface area contributed by atoms with Crippen molar-refractivity contribution in [2.75, 3.05) is 7.11 Å². The van der Waals surface area contributed by atoms with E-state index >= 15 is 0 Å². The largest absolute Gasteiger partial charge is 0.465 e. The quantitative estimate of drug-likeness (QED) is 0.416. The Morgan fingerprint density at radius 1 is 0.973 bits per heavy atom. The lowest BCUT2D eigenvalue weighted by atomic mass is 9.92. The lowest BCUT2D eigenvalue weighted by Crippen LogP contribution is -2.53. The molecule has 0 aromatic heterocycles. The number of amides is 2. The summed E-state index contributed by atoms with van der Waals surface area (Å²) in [6, 6.07) is 23.5. The molecule has 0 aliphatic carbocycles. The highest BCUT2D eigenvalue weighted by Gasteiger charge is 2.39. The Bertz CT molecular complexity index is 1240. The second-order valence-corrected chi connectivity index (χ2v) is 9.27. The van der Waals surface area contributed by atoms with E-state index in [1.54, 1.807) is 17.0 Å². The average Bonchev–Trinajstić information content (AvgIpc) is 2.94. The van der Waals surface area contributed by atoms with Crippen LogP contribution in [-0.4, -0.2) is 46.0 Å². The Balaban J connectivity index is 1.73. The van der Waals surface area contributed by atoms with Crippen LogP contribution in [0.3, 0.4) is 0 Å². The van der Waals surface area contributed by atoms with E-state index in [0.29, 0.717) is 12.0 Å². The molecule has 3 aromatic rings. The number of hydrogen-bond acceptors (Lipinski definition) is 4. The van der Waals surface area contributed by atoms with E-state index in [1.807, 2.05) is 66.7 Å². The Labute approximate surface area is 217 Å². The van der Waals surface area contributed by atoms with Crippen molar-refractivity contribution in [1.82, 2.24) is 9.80 Å². The number of nitrogens with zero attached hydrogens (tertiary/aromatic N) is 2. The van der Waals surface area contributed by atoms with E-state index in [4.69, 9.17) is 4.74 Å². The van der Waals surface area contributed by atoms with Crippen molar-refractivity contribution >= 4 is 18.0 Å². The Kier molecular flexibility index (Phi) is 8.23. The van der Waals surface area contributed by atoms with Crippen LogP contribution < -0.4 is 0 Å². The summed E-state index contributed by atoms with van der Waals surface area (Å²) in [6.45, 7) is 2.53. The minimum absolute atomic E-state index is 0.174. The molecule has 192 valence electrons. The Hall–Kier alpha value is -4.13. The Morgan fingerprint density at radius 3 is 2.24 bits per heavy atom. The van der Waals surface area contributed by atoms with Gasteiger partial charge in [0.2, 0.25) is 5.91 Å². The summed E-state index contributed by atoms with van der Waals surface area (Å²) < 4.78 is 4.80. The molecular weight excluding hydrogens is 468 g/mol. The fourth-order valence-electron chi connectivity index (χ4n) is 4.99. The van der Waals surface area contributed by atoms with E-state index in [9.17, 15) is 19.5 Å². The van der Waals surface area contributed by atoms with E-state index in [1.165, 1.54) is 12.0 Å². The predicted molar refractivity (Wildman–Crippen MR) is 140 cm³/mol. The number of esters is 1. The summed E-state index contributed by atoms with van der Waals surface area (Å²) in [7, 11) is 1.34. The first-order valence-electron chi connectivity index (χ1n) is 12.5. The average molecular weight is 501 g/mol. The van der Waals surface area contributed by atoms with Crippen LogP contribution in [0.2, 0.25) is 0 Å². The molecule has 3 aromatic carbocycles. The standard InChI is InChI=1S/C30H32N2O5/c1-3-9-26(22-10-5-4-6-11-22)31(19-21-14-16-23(17-15-21)29(34)37-2)28(33)27-18-24-12-7-8-13-25(24)20-32(27)30(35)36/h4-8,10-17,26-27H,3,9,18-20H2,1-2H3,(H,35,36)/t26-,27?/m1/s1. The zero-order valence-corrected chi connectivity index (χ0v) is 21.2. The van der Waals surface area contributed by atoms with Gasteiger partial charge in [0.25, 0.3) is 0 Å². The molecule has 0 fully saturated rings. The van der Waals surface area contributed by atoms with Crippen molar-refractivity contribution in [2.45, 2.75) is 51.4 Å². The number of methoxy groups -OCH3 is 1. The molecule has 1 N–H and O–H groups in total. The molecule has 7 nitrogen and oxygen atoms in total. The zero-order valence-electron chi connectivity index (χ0n) is 21.2. The highest BCUT2D eigenvalue weighted by atomic mass is 16.5. The van der Waals surface area contributed by atoms with Gasteiger partial charge in [-0.05, 0) is 40.8 Å². The van der Waals surface area contributed by atoms with Gasteiger partial charge in [-0.2, -0.15) is 0 Å². The number of benzene rings is 3. The molecule has 0 saturated carbocycles. The number of carbonyl (C=O) groups is 3. The van der Waals surface area contributed by atoms with Gasteiger partial charge < -0.3 is 14.7 Å². The van der Waals surface area contributed by atoms with Gasteiger partial charge in [-0.3, -0.25) is 9.69 Å². The summed E-state index contributed by atoms with van der Waals surface area (Å²) in [4.78, 5) is 41.5. The molecule has 0 spiro atoms. The molecule has 0 saturated heterocycles. The van der Waals surface area contributed by atoms with Crippen molar-refractivity contribution in [1.29, 1.82) is 0 Å². The third-order valence-corrected chi connectivity index (χ3v) is 6.91. The number of ether oxygens (including phenoxy) is 1. The molecule has 7 heteroatoms. The van der Waals surface area contributed by atoms with E-state index in [2.05, 4.69) is 6.92 Å². The van der Waals surface area contributed by atoms with Gasteiger partial charge in [0, 0.05) is 13.0 Å². The fraction of sp³-hybridized carbons (Fsp3) is 0.300. The van der Waals surface area contributed by atoms with Crippen LogP contribution in [0.1, 0.15) is 58.4 Å².